The van der Waals surface area contributed by atoms with Crippen LogP contribution in [-0.4, -0.2) is 36.3 Å². The van der Waals surface area contributed by atoms with E-state index in [1.54, 1.807) is 12.1 Å². The third kappa shape index (κ3) is 2.38. The molecule has 3 heterocycles. The van der Waals surface area contributed by atoms with Crippen molar-refractivity contribution in [2.75, 3.05) is 25.4 Å². The van der Waals surface area contributed by atoms with Gasteiger partial charge in [0, 0.05) is 23.5 Å². The lowest BCUT2D eigenvalue weighted by molar-refractivity contribution is 0.208. The van der Waals surface area contributed by atoms with Gasteiger partial charge in [-0.15, -0.1) is 11.8 Å². The Labute approximate surface area is 124 Å². The number of thioether (sulfide) groups is 1. The molecular weight excluding hydrogens is 271 g/mol. The maximum atomic E-state index is 13.6. The second kappa shape index (κ2) is 5.32. The van der Waals surface area contributed by atoms with Crippen LogP contribution in [0.4, 0.5) is 4.39 Å². The number of nitrogens with zero attached hydrogens (tertiary/aromatic N) is 1. The van der Waals surface area contributed by atoms with Crippen LogP contribution in [0.3, 0.4) is 0 Å². The first-order valence-corrected chi connectivity index (χ1v) is 8.69. The largest absolute Gasteiger partial charge is 0.307 e. The minimum Gasteiger partial charge on any atom is -0.307 e. The molecule has 3 aliphatic rings. The molecule has 20 heavy (non-hydrogen) atoms. The molecule has 2 nitrogen and oxygen atoms in total. The van der Waals surface area contributed by atoms with Crippen LogP contribution in [0.5, 0.6) is 0 Å². The van der Waals surface area contributed by atoms with Gasteiger partial charge in [-0.25, -0.2) is 4.39 Å². The van der Waals surface area contributed by atoms with Crippen LogP contribution in [0.2, 0.25) is 0 Å². The highest BCUT2D eigenvalue weighted by atomic mass is 32.2. The van der Waals surface area contributed by atoms with Crippen molar-refractivity contribution in [3.63, 3.8) is 0 Å². The molecule has 0 amide bonds. The highest BCUT2D eigenvalue weighted by molar-refractivity contribution is 7.99. The van der Waals surface area contributed by atoms with Crippen molar-refractivity contribution in [2.45, 2.75) is 36.2 Å². The van der Waals surface area contributed by atoms with Gasteiger partial charge in [-0.3, -0.25) is 0 Å². The van der Waals surface area contributed by atoms with E-state index in [0.29, 0.717) is 12.1 Å². The number of nitrogens with one attached hydrogen (secondary N) is 1. The summed E-state index contributed by atoms with van der Waals surface area (Å²) in [6, 6.07) is 6.24. The second-order valence-corrected chi connectivity index (χ2v) is 7.42. The first kappa shape index (κ1) is 13.1. The van der Waals surface area contributed by atoms with Gasteiger partial charge in [0.15, 0.2) is 0 Å². The fourth-order valence-electron chi connectivity index (χ4n) is 3.97. The average Bonchev–Trinajstić information content (AvgIpc) is 2.85. The van der Waals surface area contributed by atoms with Crippen LogP contribution >= 0.6 is 11.8 Å². The van der Waals surface area contributed by atoms with Gasteiger partial charge >= 0.3 is 0 Å². The summed E-state index contributed by atoms with van der Waals surface area (Å²) in [4.78, 5) is 3.84. The van der Waals surface area contributed by atoms with Gasteiger partial charge in [0.25, 0.3) is 0 Å². The van der Waals surface area contributed by atoms with E-state index in [1.165, 1.54) is 42.9 Å². The van der Waals surface area contributed by atoms with Crippen molar-refractivity contribution >= 4 is 11.8 Å². The molecule has 108 valence electrons. The van der Waals surface area contributed by atoms with Gasteiger partial charge in [0.05, 0.1) is 0 Å². The molecule has 0 radical (unpaired) electrons. The summed E-state index contributed by atoms with van der Waals surface area (Å²) in [5.41, 5.74) is 1.18. The third-order valence-corrected chi connectivity index (χ3v) is 6.18. The average molecular weight is 292 g/mol. The molecule has 4 unspecified atom stereocenters. The van der Waals surface area contributed by atoms with Gasteiger partial charge in [-0.05, 0) is 67.8 Å². The maximum Gasteiger partial charge on any atom is 0.123 e. The molecule has 4 rings (SSSR count). The van der Waals surface area contributed by atoms with Crippen molar-refractivity contribution in [3.8, 4) is 0 Å². The van der Waals surface area contributed by atoms with Gasteiger partial charge in [-0.2, -0.15) is 0 Å². The zero-order chi connectivity index (χ0) is 13.5. The zero-order valence-electron chi connectivity index (χ0n) is 11.6. The quantitative estimate of drug-likeness (QED) is 0.902. The first-order valence-electron chi connectivity index (χ1n) is 7.70. The fourth-order valence-corrected chi connectivity index (χ4v) is 5.07. The SMILES string of the molecule is Fc1ccc2c(c1)C(NC1CCN3CCC1C3)CCS2. The molecule has 1 aromatic carbocycles. The van der Waals surface area contributed by atoms with Crippen molar-refractivity contribution in [1.29, 1.82) is 0 Å². The Morgan fingerprint density at radius 1 is 1.20 bits per heavy atom. The third-order valence-electron chi connectivity index (χ3n) is 5.06. The van der Waals surface area contributed by atoms with E-state index in [9.17, 15) is 4.39 Å². The summed E-state index contributed by atoms with van der Waals surface area (Å²) in [6.45, 7) is 3.76. The van der Waals surface area contributed by atoms with Crippen LogP contribution in [0.1, 0.15) is 30.9 Å². The van der Waals surface area contributed by atoms with Gasteiger partial charge in [0.1, 0.15) is 5.82 Å². The molecule has 0 saturated carbocycles. The van der Waals surface area contributed by atoms with E-state index in [0.717, 1.165) is 18.1 Å². The van der Waals surface area contributed by atoms with Crippen molar-refractivity contribution in [3.05, 3.63) is 29.6 Å². The number of fused-ring (bicyclic) bond motifs is 3. The lowest BCUT2D eigenvalue weighted by Gasteiger charge is -2.36. The lowest BCUT2D eigenvalue weighted by Crippen LogP contribution is -2.45. The van der Waals surface area contributed by atoms with Crippen LogP contribution in [-0.2, 0) is 0 Å². The molecule has 1 N–H and O–H groups in total. The van der Waals surface area contributed by atoms with E-state index in [2.05, 4.69) is 10.2 Å². The van der Waals surface area contributed by atoms with Crippen LogP contribution < -0.4 is 5.32 Å². The topological polar surface area (TPSA) is 15.3 Å². The molecule has 3 aliphatic heterocycles. The summed E-state index contributed by atoms with van der Waals surface area (Å²) in [5, 5.41) is 3.86. The van der Waals surface area contributed by atoms with Crippen molar-refractivity contribution in [2.24, 2.45) is 5.92 Å². The highest BCUT2D eigenvalue weighted by Gasteiger charge is 2.36. The normalized spacial score (nSPS) is 35.9. The molecule has 0 aliphatic carbocycles. The molecule has 0 spiro atoms. The number of hydrogen-bond donors (Lipinski definition) is 1. The number of halogens is 1. The minimum absolute atomic E-state index is 0.103. The summed E-state index contributed by atoms with van der Waals surface area (Å²) in [7, 11) is 0. The number of hydrogen-bond acceptors (Lipinski definition) is 3. The maximum absolute atomic E-state index is 13.6. The predicted molar refractivity (Wildman–Crippen MR) is 80.6 cm³/mol. The van der Waals surface area contributed by atoms with E-state index in [4.69, 9.17) is 0 Å². The molecule has 4 heteroatoms. The highest BCUT2D eigenvalue weighted by Crippen LogP contribution is 2.38. The Hall–Kier alpha value is -0.580. The zero-order valence-corrected chi connectivity index (χ0v) is 12.5. The molecule has 0 aromatic heterocycles. The molecular formula is C16H21FN2S. The molecule has 2 bridgehead atoms. The summed E-state index contributed by atoms with van der Waals surface area (Å²) >= 11 is 1.86. The summed E-state index contributed by atoms with van der Waals surface area (Å²) in [5.74, 6) is 1.84. The van der Waals surface area contributed by atoms with Crippen molar-refractivity contribution in [1.82, 2.24) is 10.2 Å². The van der Waals surface area contributed by atoms with Crippen LogP contribution in [0.25, 0.3) is 0 Å². The van der Waals surface area contributed by atoms with Gasteiger partial charge in [-0.1, -0.05) is 0 Å². The summed E-state index contributed by atoms with van der Waals surface area (Å²) in [6.07, 6.45) is 3.70. The Bertz CT molecular complexity index is 507. The molecule has 2 saturated heterocycles. The number of benzene rings is 1. The minimum atomic E-state index is -0.103. The Kier molecular flexibility index (Phi) is 3.49. The van der Waals surface area contributed by atoms with Crippen molar-refractivity contribution < 1.29 is 4.39 Å². The molecule has 4 atom stereocenters. The number of rotatable bonds is 2. The smallest absolute Gasteiger partial charge is 0.123 e. The Balaban J connectivity index is 1.54. The standard InChI is InChI=1S/C16H21FN2S/c17-12-1-2-16-13(9-12)15(5-8-20-16)18-14-4-7-19-6-3-11(14)10-19/h1-2,9,11,14-15,18H,3-8,10H2. The summed E-state index contributed by atoms with van der Waals surface area (Å²) < 4.78 is 13.6. The molecule has 1 aromatic rings. The lowest BCUT2D eigenvalue weighted by atomic mass is 9.92. The Morgan fingerprint density at radius 2 is 2.10 bits per heavy atom. The van der Waals surface area contributed by atoms with E-state index < -0.39 is 0 Å². The van der Waals surface area contributed by atoms with E-state index in [-0.39, 0.29) is 5.82 Å². The van der Waals surface area contributed by atoms with Gasteiger partial charge in [0.2, 0.25) is 0 Å². The van der Waals surface area contributed by atoms with Crippen LogP contribution in [0, 0.1) is 11.7 Å². The number of piperidine rings is 1. The van der Waals surface area contributed by atoms with E-state index in [1.807, 2.05) is 17.8 Å². The van der Waals surface area contributed by atoms with Crippen LogP contribution in [0.15, 0.2) is 23.1 Å². The predicted octanol–water partition coefficient (Wildman–Crippen LogP) is 3.05. The van der Waals surface area contributed by atoms with Gasteiger partial charge < -0.3 is 10.2 Å². The van der Waals surface area contributed by atoms with E-state index >= 15 is 0 Å². The monoisotopic (exact) mass is 292 g/mol. The second-order valence-electron chi connectivity index (χ2n) is 6.28. The fraction of sp³-hybridized carbons (Fsp3) is 0.625. The molecule has 2 fully saturated rings. The Morgan fingerprint density at radius 3 is 3.05 bits per heavy atom. The first-order chi connectivity index (χ1) is 9.79.